The van der Waals surface area contributed by atoms with Crippen LogP contribution in [0.15, 0.2) is 6.07 Å². The van der Waals surface area contributed by atoms with Crippen LogP contribution in [0.25, 0.3) is 0 Å². The van der Waals surface area contributed by atoms with Gasteiger partial charge in [0.15, 0.2) is 0 Å². The zero-order valence-electron chi connectivity index (χ0n) is 11.6. The zero-order valence-corrected chi connectivity index (χ0v) is 11.6. The van der Waals surface area contributed by atoms with Crippen molar-refractivity contribution in [2.45, 2.75) is 32.2 Å². The second-order valence-corrected chi connectivity index (χ2v) is 5.02. The molecule has 1 fully saturated rings. The first kappa shape index (κ1) is 13.6. The summed E-state index contributed by atoms with van der Waals surface area (Å²) >= 11 is 0. The molecule has 0 saturated carbocycles. The molecule has 1 aliphatic rings. The van der Waals surface area contributed by atoms with E-state index < -0.39 is 0 Å². The SMILES string of the molecule is CCc1cc(C(=O)N2CCCC2C(=O)N(C)C)n[nH]1. The minimum absolute atomic E-state index is 0.0166. The lowest BCUT2D eigenvalue weighted by Crippen LogP contribution is -2.45. The highest BCUT2D eigenvalue weighted by Crippen LogP contribution is 2.21. The molecule has 1 aromatic heterocycles. The van der Waals surface area contributed by atoms with E-state index in [1.54, 1.807) is 25.1 Å². The smallest absolute Gasteiger partial charge is 0.275 e. The van der Waals surface area contributed by atoms with Gasteiger partial charge < -0.3 is 9.80 Å². The van der Waals surface area contributed by atoms with E-state index >= 15 is 0 Å². The predicted molar refractivity (Wildman–Crippen MR) is 70.7 cm³/mol. The van der Waals surface area contributed by atoms with Gasteiger partial charge in [-0.3, -0.25) is 14.7 Å². The first-order chi connectivity index (χ1) is 9.04. The third-order valence-electron chi connectivity index (χ3n) is 3.47. The summed E-state index contributed by atoms with van der Waals surface area (Å²) in [7, 11) is 3.43. The molecule has 2 heterocycles. The summed E-state index contributed by atoms with van der Waals surface area (Å²) in [4.78, 5) is 27.6. The molecule has 2 rings (SSSR count). The minimum atomic E-state index is -0.343. The second-order valence-electron chi connectivity index (χ2n) is 5.02. The summed E-state index contributed by atoms with van der Waals surface area (Å²) in [5, 5.41) is 6.86. The van der Waals surface area contributed by atoms with Gasteiger partial charge in [0.05, 0.1) is 0 Å². The first-order valence-corrected chi connectivity index (χ1v) is 6.61. The Balaban J connectivity index is 2.15. The standard InChI is InChI=1S/C13H20N4O2/c1-4-9-8-10(15-14-9)12(18)17-7-5-6-11(17)13(19)16(2)3/h8,11H,4-7H2,1-3H3,(H,14,15). The number of hydrogen-bond donors (Lipinski definition) is 1. The maximum atomic E-state index is 12.4. The maximum Gasteiger partial charge on any atom is 0.275 e. The van der Waals surface area contributed by atoms with E-state index in [9.17, 15) is 9.59 Å². The monoisotopic (exact) mass is 264 g/mol. The van der Waals surface area contributed by atoms with E-state index in [4.69, 9.17) is 0 Å². The normalized spacial score (nSPS) is 18.7. The Bertz CT molecular complexity index is 481. The van der Waals surface area contributed by atoms with Crippen LogP contribution in [0.1, 0.15) is 35.9 Å². The molecule has 1 N–H and O–H groups in total. The van der Waals surface area contributed by atoms with Crippen molar-refractivity contribution in [3.05, 3.63) is 17.5 Å². The number of nitrogens with one attached hydrogen (secondary N) is 1. The molecule has 0 radical (unpaired) electrons. The van der Waals surface area contributed by atoms with Crippen LogP contribution in [0.5, 0.6) is 0 Å². The van der Waals surface area contributed by atoms with Crippen molar-refractivity contribution in [1.82, 2.24) is 20.0 Å². The van der Waals surface area contributed by atoms with Gasteiger partial charge in [-0.1, -0.05) is 6.92 Å². The number of carbonyl (C=O) groups is 2. The van der Waals surface area contributed by atoms with Crippen molar-refractivity contribution >= 4 is 11.8 Å². The van der Waals surface area contributed by atoms with Gasteiger partial charge in [-0.25, -0.2) is 0 Å². The lowest BCUT2D eigenvalue weighted by atomic mass is 10.2. The maximum absolute atomic E-state index is 12.4. The number of carbonyl (C=O) groups excluding carboxylic acids is 2. The molecule has 0 bridgehead atoms. The number of hydrogen-bond acceptors (Lipinski definition) is 3. The highest BCUT2D eigenvalue weighted by Gasteiger charge is 2.36. The van der Waals surface area contributed by atoms with Crippen LogP contribution in [0, 0.1) is 0 Å². The van der Waals surface area contributed by atoms with Crippen LogP contribution >= 0.6 is 0 Å². The van der Waals surface area contributed by atoms with Crippen molar-refractivity contribution in [1.29, 1.82) is 0 Å². The Labute approximate surface area is 112 Å². The predicted octanol–water partition coefficient (Wildman–Crippen LogP) is 0.665. The fourth-order valence-corrected chi connectivity index (χ4v) is 2.36. The Hall–Kier alpha value is -1.85. The Morgan fingerprint density at radius 2 is 2.26 bits per heavy atom. The van der Waals surface area contributed by atoms with Gasteiger partial charge in [-0.05, 0) is 25.3 Å². The van der Waals surface area contributed by atoms with Crippen molar-refractivity contribution in [2.75, 3.05) is 20.6 Å². The third-order valence-corrected chi connectivity index (χ3v) is 3.47. The first-order valence-electron chi connectivity index (χ1n) is 6.61. The van der Waals surface area contributed by atoms with Crippen molar-refractivity contribution in [2.24, 2.45) is 0 Å². The molecule has 1 unspecified atom stereocenters. The van der Waals surface area contributed by atoms with Crippen LogP contribution in [0.4, 0.5) is 0 Å². The second kappa shape index (κ2) is 5.42. The molecule has 0 spiro atoms. The van der Waals surface area contributed by atoms with Crippen LogP contribution in [0.3, 0.4) is 0 Å². The largest absolute Gasteiger partial charge is 0.347 e. The highest BCUT2D eigenvalue weighted by molar-refractivity contribution is 5.96. The van der Waals surface area contributed by atoms with Gasteiger partial charge in [-0.15, -0.1) is 0 Å². The van der Waals surface area contributed by atoms with Gasteiger partial charge in [0.1, 0.15) is 11.7 Å². The average molecular weight is 264 g/mol. The van der Waals surface area contributed by atoms with Gasteiger partial charge >= 0.3 is 0 Å². The molecule has 104 valence electrons. The van der Waals surface area contributed by atoms with Crippen molar-refractivity contribution in [3.63, 3.8) is 0 Å². The number of rotatable bonds is 3. The van der Waals surface area contributed by atoms with Crippen LogP contribution < -0.4 is 0 Å². The zero-order chi connectivity index (χ0) is 14.0. The molecular weight excluding hydrogens is 244 g/mol. The summed E-state index contributed by atoms with van der Waals surface area (Å²) in [5.74, 6) is -0.175. The lowest BCUT2D eigenvalue weighted by molar-refractivity contribution is -0.132. The molecule has 6 heteroatoms. The molecule has 0 aliphatic carbocycles. The summed E-state index contributed by atoms with van der Waals surface area (Å²) in [6.45, 7) is 2.62. The number of nitrogens with zero attached hydrogens (tertiary/aromatic N) is 3. The summed E-state index contributed by atoms with van der Waals surface area (Å²) in [6.07, 6.45) is 2.40. The Kier molecular flexibility index (Phi) is 3.87. The fraction of sp³-hybridized carbons (Fsp3) is 0.615. The number of H-pyrrole nitrogens is 1. The Morgan fingerprint density at radius 3 is 2.84 bits per heavy atom. The topological polar surface area (TPSA) is 69.3 Å². The highest BCUT2D eigenvalue weighted by atomic mass is 16.2. The van der Waals surface area contributed by atoms with Gasteiger partial charge in [0.25, 0.3) is 5.91 Å². The van der Waals surface area contributed by atoms with E-state index in [1.807, 2.05) is 6.92 Å². The number of aryl methyl sites for hydroxylation is 1. The van der Waals surface area contributed by atoms with E-state index in [2.05, 4.69) is 10.2 Å². The molecule has 1 aliphatic heterocycles. The molecule has 6 nitrogen and oxygen atoms in total. The van der Waals surface area contributed by atoms with Crippen molar-refractivity contribution < 1.29 is 9.59 Å². The number of likely N-dealkylation sites (N-methyl/N-ethyl adjacent to an activating group) is 1. The van der Waals surface area contributed by atoms with Gasteiger partial charge in [-0.2, -0.15) is 5.10 Å². The number of likely N-dealkylation sites (tertiary alicyclic amines) is 1. The molecule has 19 heavy (non-hydrogen) atoms. The van der Waals surface area contributed by atoms with Crippen LogP contribution in [-0.4, -0.2) is 58.5 Å². The fourth-order valence-electron chi connectivity index (χ4n) is 2.36. The minimum Gasteiger partial charge on any atom is -0.347 e. The Morgan fingerprint density at radius 1 is 1.53 bits per heavy atom. The quantitative estimate of drug-likeness (QED) is 0.872. The summed E-state index contributed by atoms with van der Waals surface area (Å²) in [5.41, 5.74) is 1.33. The summed E-state index contributed by atoms with van der Waals surface area (Å²) < 4.78 is 0. The number of aromatic amines is 1. The molecular formula is C13H20N4O2. The number of amides is 2. The molecule has 1 aromatic rings. The number of aromatic nitrogens is 2. The molecule has 1 atom stereocenters. The van der Waals surface area contributed by atoms with Gasteiger partial charge in [0, 0.05) is 26.3 Å². The van der Waals surface area contributed by atoms with E-state index in [1.165, 1.54) is 4.90 Å². The molecule has 1 saturated heterocycles. The lowest BCUT2D eigenvalue weighted by Gasteiger charge is -2.25. The van der Waals surface area contributed by atoms with Crippen LogP contribution in [0.2, 0.25) is 0 Å². The van der Waals surface area contributed by atoms with Crippen LogP contribution in [-0.2, 0) is 11.2 Å². The molecule has 2 amide bonds. The van der Waals surface area contributed by atoms with Gasteiger partial charge in [0.2, 0.25) is 5.91 Å². The average Bonchev–Trinajstić information content (AvgIpc) is 3.05. The van der Waals surface area contributed by atoms with Crippen molar-refractivity contribution in [3.8, 4) is 0 Å². The van der Waals surface area contributed by atoms with E-state index in [0.29, 0.717) is 12.2 Å². The van der Waals surface area contributed by atoms with E-state index in [0.717, 1.165) is 25.0 Å². The third kappa shape index (κ3) is 2.62. The van der Waals surface area contributed by atoms with E-state index in [-0.39, 0.29) is 17.9 Å². The molecule has 0 aromatic carbocycles. The summed E-state index contributed by atoms with van der Waals surface area (Å²) in [6, 6.07) is 1.42.